The molecule has 0 atom stereocenters. The molecule has 5 nitrogen and oxygen atoms in total. The number of carbonyl (C=O) groups excluding carboxylic acids is 1. The van der Waals surface area contributed by atoms with Gasteiger partial charge in [-0.25, -0.2) is 0 Å². The number of nitrogens with zero attached hydrogens (tertiary/aromatic N) is 2. The maximum atomic E-state index is 12.6. The molecule has 0 spiro atoms. The number of methoxy groups -OCH3 is 1. The van der Waals surface area contributed by atoms with E-state index in [2.05, 4.69) is 42.3 Å². The molecule has 1 saturated heterocycles. The van der Waals surface area contributed by atoms with Gasteiger partial charge in [-0.2, -0.15) is 0 Å². The van der Waals surface area contributed by atoms with Crippen molar-refractivity contribution in [2.45, 2.75) is 13.8 Å². The number of carbonyl (C=O) groups is 1. The van der Waals surface area contributed by atoms with E-state index < -0.39 is 0 Å². The smallest absolute Gasteiger partial charge is 0.241 e. The molecule has 1 N–H and O–H groups in total. The van der Waals surface area contributed by atoms with Crippen molar-refractivity contribution in [3.05, 3.63) is 52.5 Å². The number of benzene rings is 2. The van der Waals surface area contributed by atoms with Gasteiger partial charge in [0.05, 0.1) is 19.3 Å². The van der Waals surface area contributed by atoms with Gasteiger partial charge in [0.25, 0.3) is 0 Å². The molecule has 1 fully saturated rings. The normalized spacial score (nSPS) is 14.2. The molecule has 1 amide bonds. The second kappa shape index (κ2) is 8.53. The molecular formula is C21H26ClN3O2. The summed E-state index contributed by atoms with van der Waals surface area (Å²) in [6.07, 6.45) is 0. The van der Waals surface area contributed by atoms with Crippen LogP contribution in [0.15, 0.2) is 36.4 Å². The van der Waals surface area contributed by atoms with Crippen LogP contribution in [0, 0.1) is 13.8 Å². The number of nitrogens with one attached hydrogen (secondary N) is 1. The van der Waals surface area contributed by atoms with Gasteiger partial charge < -0.3 is 19.9 Å². The second-order valence-electron chi connectivity index (χ2n) is 6.79. The van der Waals surface area contributed by atoms with Crippen molar-refractivity contribution in [2.24, 2.45) is 0 Å². The molecule has 0 radical (unpaired) electrons. The molecule has 1 heterocycles. The van der Waals surface area contributed by atoms with Crippen LogP contribution < -0.4 is 15.0 Å². The zero-order chi connectivity index (χ0) is 19.4. The van der Waals surface area contributed by atoms with Crippen LogP contribution in [0.5, 0.6) is 5.75 Å². The first-order valence-electron chi connectivity index (χ1n) is 9.16. The molecule has 1 aliphatic heterocycles. The molecule has 0 unspecified atom stereocenters. The van der Waals surface area contributed by atoms with Crippen LogP contribution >= 0.6 is 11.6 Å². The Kier molecular flexibility index (Phi) is 6.11. The minimum absolute atomic E-state index is 0.0812. The fourth-order valence-electron chi connectivity index (χ4n) is 3.38. The van der Waals surface area contributed by atoms with Gasteiger partial charge in [-0.1, -0.05) is 23.7 Å². The third-order valence-corrected chi connectivity index (χ3v) is 5.38. The first kappa shape index (κ1) is 19.4. The van der Waals surface area contributed by atoms with Crippen molar-refractivity contribution < 1.29 is 9.53 Å². The van der Waals surface area contributed by atoms with E-state index in [1.807, 2.05) is 4.90 Å². The summed E-state index contributed by atoms with van der Waals surface area (Å²) in [6, 6.07) is 11.7. The molecule has 2 aromatic rings. The Morgan fingerprint density at radius 1 is 1.15 bits per heavy atom. The second-order valence-corrected chi connectivity index (χ2v) is 7.22. The fourth-order valence-corrected chi connectivity index (χ4v) is 3.55. The predicted molar refractivity (Wildman–Crippen MR) is 111 cm³/mol. The van der Waals surface area contributed by atoms with Gasteiger partial charge in [-0.15, -0.1) is 0 Å². The van der Waals surface area contributed by atoms with E-state index >= 15 is 0 Å². The molecule has 3 rings (SSSR count). The van der Waals surface area contributed by atoms with Gasteiger partial charge in [0.2, 0.25) is 5.91 Å². The van der Waals surface area contributed by atoms with Crippen molar-refractivity contribution in [1.82, 2.24) is 4.90 Å². The van der Waals surface area contributed by atoms with Gasteiger partial charge in [0.15, 0.2) is 0 Å². The van der Waals surface area contributed by atoms with E-state index in [4.69, 9.17) is 16.3 Å². The summed E-state index contributed by atoms with van der Waals surface area (Å²) < 4.78 is 5.31. The van der Waals surface area contributed by atoms with Crippen LogP contribution in [0.2, 0.25) is 5.02 Å². The summed E-state index contributed by atoms with van der Waals surface area (Å²) in [7, 11) is 1.60. The van der Waals surface area contributed by atoms with Crippen LogP contribution in [0.1, 0.15) is 11.1 Å². The van der Waals surface area contributed by atoms with E-state index in [1.165, 1.54) is 16.8 Å². The summed E-state index contributed by atoms with van der Waals surface area (Å²) in [5.74, 6) is 0.754. The van der Waals surface area contributed by atoms with Gasteiger partial charge in [0, 0.05) is 36.9 Å². The third kappa shape index (κ3) is 4.48. The van der Waals surface area contributed by atoms with Crippen LogP contribution in [0.4, 0.5) is 11.4 Å². The maximum absolute atomic E-state index is 12.6. The van der Waals surface area contributed by atoms with Gasteiger partial charge in [0.1, 0.15) is 5.75 Å². The van der Waals surface area contributed by atoms with Gasteiger partial charge in [-0.05, 0) is 49.2 Å². The SMILES string of the molecule is COc1ccc(Cl)cc1NCC(=O)N1CCN(c2cccc(C)c2C)CC1. The largest absolute Gasteiger partial charge is 0.495 e. The zero-order valence-electron chi connectivity index (χ0n) is 16.1. The first-order chi connectivity index (χ1) is 13.0. The Morgan fingerprint density at radius 2 is 1.89 bits per heavy atom. The lowest BCUT2D eigenvalue weighted by Crippen LogP contribution is -2.50. The Labute approximate surface area is 165 Å². The van der Waals surface area contributed by atoms with E-state index in [0.29, 0.717) is 10.8 Å². The molecule has 6 heteroatoms. The molecular weight excluding hydrogens is 362 g/mol. The zero-order valence-corrected chi connectivity index (χ0v) is 16.8. The van der Waals surface area contributed by atoms with E-state index in [-0.39, 0.29) is 12.5 Å². The minimum atomic E-state index is 0.0812. The molecule has 144 valence electrons. The Balaban J connectivity index is 1.56. The minimum Gasteiger partial charge on any atom is -0.495 e. The van der Waals surface area contributed by atoms with E-state index in [0.717, 1.165) is 31.9 Å². The first-order valence-corrected chi connectivity index (χ1v) is 9.53. The Morgan fingerprint density at radius 3 is 2.59 bits per heavy atom. The standard InChI is InChI=1S/C21H26ClN3O2/c1-15-5-4-6-19(16(15)2)24-9-11-25(12-10-24)21(26)14-23-18-13-17(22)7-8-20(18)27-3/h4-8,13,23H,9-12,14H2,1-3H3. The fraction of sp³-hybridized carbons (Fsp3) is 0.381. The molecule has 0 aromatic heterocycles. The number of hydrogen-bond donors (Lipinski definition) is 1. The monoisotopic (exact) mass is 387 g/mol. The lowest BCUT2D eigenvalue weighted by atomic mass is 10.1. The third-order valence-electron chi connectivity index (χ3n) is 5.14. The predicted octanol–water partition coefficient (Wildman–Crippen LogP) is 3.73. The number of hydrogen-bond acceptors (Lipinski definition) is 4. The summed E-state index contributed by atoms with van der Waals surface area (Å²) in [4.78, 5) is 16.9. The number of piperazine rings is 1. The quantitative estimate of drug-likeness (QED) is 0.849. The summed E-state index contributed by atoms with van der Waals surface area (Å²) in [5, 5.41) is 3.75. The molecule has 2 aromatic carbocycles. The number of ether oxygens (including phenoxy) is 1. The number of halogens is 1. The lowest BCUT2D eigenvalue weighted by molar-refractivity contribution is -0.129. The maximum Gasteiger partial charge on any atom is 0.241 e. The average Bonchev–Trinajstić information content (AvgIpc) is 2.68. The summed E-state index contributed by atoms with van der Waals surface area (Å²) in [6.45, 7) is 7.65. The molecule has 0 bridgehead atoms. The lowest BCUT2D eigenvalue weighted by Gasteiger charge is -2.37. The van der Waals surface area contributed by atoms with Crippen LogP contribution in [-0.2, 0) is 4.79 Å². The molecule has 1 aliphatic rings. The molecule has 0 aliphatic carbocycles. The average molecular weight is 388 g/mol. The van der Waals surface area contributed by atoms with Crippen LogP contribution in [-0.4, -0.2) is 50.6 Å². The van der Waals surface area contributed by atoms with Crippen molar-refractivity contribution in [2.75, 3.05) is 50.1 Å². The highest BCUT2D eigenvalue weighted by Crippen LogP contribution is 2.27. The Hall–Kier alpha value is -2.40. The highest BCUT2D eigenvalue weighted by atomic mass is 35.5. The van der Waals surface area contributed by atoms with Crippen LogP contribution in [0.3, 0.4) is 0 Å². The van der Waals surface area contributed by atoms with Crippen molar-refractivity contribution in [3.8, 4) is 5.75 Å². The highest BCUT2D eigenvalue weighted by Gasteiger charge is 2.22. The number of anilines is 2. The van der Waals surface area contributed by atoms with Crippen molar-refractivity contribution in [3.63, 3.8) is 0 Å². The molecule has 27 heavy (non-hydrogen) atoms. The highest BCUT2D eigenvalue weighted by molar-refractivity contribution is 6.30. The summed E-state index contributed by atoms with van der Waals surface area (Å²) in [5.41, 5.74) is 4.61. The van der Waals surface area contributed by atoms with E-state index in [1.54, 1.807) is 25.3 Å². The van der Waals surface area contributed by atoms with E-state index in [9.17, 15) is 4.79 Å². The topological polar surface area (TPSA) is 44.8 Å². The van der Waals surface area contributed by atoms with Gasteiger partial charge in [-0.3, -0.25) is 4.79 Å². The number of rotatable bonds is 5. The van der Waals surface area contributed by atoms with Crippen molar-refractivity contribution in [1.29, 1.82) is 0 Å². The summed E-state index contributed by atoms with van der Waals surface area (Å²) >= 11 is 6.04. The number of aryl methyl sites for hydroxylation is 1. The number of amides is 1. The van der Waals surface area contributed by atoms with Crippen molar-refractivity contribution >= 4 is 28.9 Å². The van der Waals surface area contributed by atoms with Gasteiger partial charge >= 0.3 is 0 Å². The Bertz CT molecular complexity index is 817. The molecule has 0 saturated carbocycles. The van der Waals surface area contributed by atoms with Crippen LogP contribution in [0.25, 0.3) is 0 Å².